The fourth-order valence-electron chi connectivity index (χ4n) is 2.21. The Morgan fingerprint density at radius 1 is 1.33 bits per heavy atom. The van der Waals surface area contributed by atoms with Crippen LogP contribution in [0.5, 0.6) is 5.75 Å². The molecular weight excluding hydrogens is 285 g/mol. The number of rotatable bonds is 3. The van der Waals surface area contributed by atoms with Crippen molar-refractivity contribution in [2.45, 2.75) is 25.1 Å². The van der Waals surface area contributed by atoms with Gasteiger partial charge in [0.05, 0.1) is 5.56 Å². The van der Waals surface area contributed by atoms with Crippen molar-refractivity contribution in [3.63, 3.8) is 0 Å². The van der Waals surface area contributed by atoms with Gasteiger partial charge >= 0.3 is 6.18 Å². The number of halogens is 3. The lowest BCUT2D eigenvalue weighted by Gasteiger charge is -2.30. The Morgan fingerprint density at radius 3 is 2.57 bits per heavy atom. The standard InChI is InChI=1S/C14H17F3N2O2/c15-14(16,17)10-3-5-12(6-4-10)21-9-13(20)19-7-1-2-11(18)8-19/h3-6,11H,1-2,7-9,18H2. The first-order valence-electron chi connectivity index (χ1n) is 6.69. The highest BCUT2D eigenvalue weighted by Gasteiger charge is 2.30. The number of nitrogens with two attached hydrogens (primary N) is 1. The molecule has 21 heavy (non-hydrogen) atoms. The highest BCUT2D eigenvalue weighted by atomic mass is 19.4. The van der Waals surface area contributed by atoms with E-state index in [1.807, 2.05) is 0 Å². The average Bonchev–Trinajstić information content (AvgIpc) is 2.44. The Labute approximate surface area is 120 Å². The van der Waals surface area contributed by atoms with Crippen LogP contribution in [0.15, 0.2) is 24.3 Å². The lowest BCUT2D eigenvalue weighted by atomic mass is 10.1. The highest BCUT2D eigenvalue weighted by molar-refractivity contribution is 5.77. The van der Waals surface area contributed by atoms with E-state index in [2.05, 4.69) is 0 Å². The first-order valence-corrected chi connectivity index (χ1v) is 6.69. The molecule has 2 N–H and O–H groups in total. The van der Waals surface area contributed by atoms with Gasteiger partial charge in [0.15, 0.2) is 6.61 Å². The van der Waals surface area contributed by atoms with Gasteiger partial charge < -0.3 is 15.4 Å². The molecule has 1 aromatic carbocycles. The maximum absolute atomic E-state index is 12.4. The summed E-state index contributed by atoms with van der Waals surface area (Å²) in [5.41, 5.74) is 5.04. The lowest BCUT2D eigenvalue weighted by molar-refractivity contribution is -0.138. The molecule has 1 heterocycles. The monoisotopic (exact) mass is 302 g/mol. The van der Waals surface area contributed by atoms with Gasteiger partial charge in [-0.25, -0.2) is 0 Å². The van der Waals surface area contributed by atoms with Crippen LogP contribution in [0.4, 0.5) is 13.2 Å². The van der Waals surface area contributed by atoms with E-state index in [4.69, 9.17) is 10.5 Å². The first kappa shape index (κ1) is 15.6. The van der Waals surface area contributed by atoms with Crippen LogP contribution in [0.2, 0.25) is 0 Å². The molecule has 1 unspecified atom stereocenters. The Bertz CT molecular complexity index is 488. The Morgan fingerprint density at radius 2 is 2.00 bits per heavy atom. The number of alkyl halides is 3. The number of likely N-dealkylation sites (tertiary alicyclic amines) is 1. The summed E-state index contributed by atoms with van der Waals surface area (Å²) in [5.74, 6) is 0.0303. The van der Waals surface area contributed by atoms with E-state index in [-0.39, 0.29) is 24.3 Å². The van der Waals surface area contributed by atoms with Crippen LogP contribution >= 0.6 is 0 Å². The van der Waals surface area contributed by atoms with Gasteiger partial charge in [-0.05, 0) is 37.1 Å². The van der Waals surface area contributed by atoms with E-state index in [1.54, 1.807) is 4.90 Å². The second-order valence-corrected chi connectivity index (χ2v) is 5.05. The summed E-state index contributed by atoms with van der Waals surface area (Å²) in [5, 5.41) is 0. The van der Waals surface area contributed by atoms with Crippen LogP contribution in [0.1, 0.15) is 18.4 Å². The zero-order valence-corrected chi connectivity index (χ0v) is 11.4. The van der Waals surface area contributed by atoms with Crippen LogP contribution in [-0.4, -0.2) is 36.5 Å². The van der Waals surface area contributed by atoms with Crippen molar-refractivity contribution in [2.24, 2.45) is 5.73 Å². The minimum Gasteiger partial charge on any atom is -0.484 e. The zero-order chi connectivity index (χ0) is 15.5. The van der Waals surface area contributed by atoms with Crippen molar-refractivity contribution in [3.8, 4) is 5.75 Å². The normalized spacial score (nSPS) is 19.4. The molecule has 1 aliphatic rings. The molecule has 1 fully saturated rings. The molecule has 0 spiro atoms. The molecule has 1 aliphatic heterocycles. The van der Waals surface area contributed by atoms with E-state index in [0.29, 0.717) is 13.1 Å². The second kappa shape index (κ2) is 6.34. The van der Waals surface area contributed by atoms with Gasteiger partial charge in [-0.1, -0.05) is 0 Å². The number of carbonyl (C=O) groups is 1. The second-order valence-electron chi connectivity index (χ2n) is 5.05. The Balaban J connectivity index is 1.86. The predicted molar refractivity (Wildman–Crippen MR) is 70.7 cm³/mol. The summed E-state index contributed by atoms with van der Waals surface area (Å²) in [7, 11) is 0. The van der Waals surface area contributed by atoms with Crippen molar-refractivity contribution in [1.82, 2.24) is 4.90 Å². The van der Waals surface area contributed by atoms with E-state index in [1.165, 1.54) is 12.1 Å². The molecule has 0 radical (unpaired) electrons. The summed E-state index contributed by atoms with van der Waals surface area (Å²) in [4.78, 5) is 13.5. The average molecular weight is 302 g/mol. The summed E-state index contributed by atoms with van der Waals surface area (Å²) >= 11 is 0. The van der Waals surface area contributed by atoms with Gasteiger partial charge in [0.25, 0.3) is 5.91 Å². The SMILES string of the molecule is NC1CCCN(C(=O)COc2ccc(C(F)(F)F)cc2)C1. The van der Waals surface area contributed by atoms with Gasteiger partial charge in [0, 0.05) is 19.1 Å². The Hall–Kier alpha value is -1.76. The molecule has 1 aromatic rings. The minimum absolute atomic E-state index is 0.0197. The van der Waals surface area contributed by atoms with Gasteiger partial charge in [-0.15, -0.1) is 0 Å². The number of ether oxygens (including phenoxy) is 1. The number of hydrogen-bond acceptors (Lipinski definition) is 3. The highest BCUT2D eigenvalue weighted by Crippen LogP contribution is 2.30. The van der Waals surface area contributed by atoms with Crippen LogP contribution in [-0.2, 0) is 11.0 Å². The zero-order valence-electron chi connectivity index (χ0n) is 11.4. The van der Waals surface area contributed by atoms with E-state index < -0.39 is 11.7 Å². The summed E-state index contributed by atoms with van der Waals surface area (Å²) in [6.45, 7) is 0.941. The first-order chi connectivity index (χ1) is 9.86. The molecule has 0 saturated carbocycles. The maximum atomic E-state index is 12.4. The molecule has 1 atom stereocenters. The fourth-order valence-corrected chi connectivity index (χ4v) is 2.21. The van der Waals surface area contributed by atoms with E-state index >= 15 is 0 Å². The molecule has 1 amide bonds. The number of piperidine rings is 1. The molecule has 0 bridgehead atoms. The van der Waals surface area contributed by atoms with Crippen molar-refractivity contribution in [1.29, 1.82) is 0 Å². The molecule has 0 aliphatic carbocycles. The third-order valence-corrected chi connectivity index (χ3v) is 3.35. The van der Waals surface area contributed by atoms with Crippen molar-refractivity contribution >= 4 is 5.91 Å². The fraction of sp³-hybridized carbons (Fsp3) is 0.500. The van der Waals surface area contributed by atoms with Crippen molar-refractivity contribution in [3.05, 3.63) is 29.8 Å². The third kappa shape index (κ3) is 4.35. The summed E-state index contributed by atoms with van der Waals surface area (Å²) in [6, 6.07) is 4.25. The molecule has 1 saturated heterocycles. The van der Waals surface area contributed by atoms with Gasteiger partial charge in [0.2, 0.25) is 0 Å². The number of carbonyl (C=O) groups excluding carboxylic acids is 1. The molecule has 7 heteroatoms. The molecule has 2 rings (SSSR count). The van der Waals surface area contributed by atoms with Crippen molar-refractivity contribution in [2.75, 3.05) is 19.7 Å². The third-order valence-electron chi connectivity index (χ3n) is 3.35. The molecule has 116 valence electrons. The van der Waals surface area contributed by atoms with Crippen LogP contribution in [0.25, 0.3) is 0 Å². The van der Waals surface area contributed by atoms with Gasteiger partial charge in [0.1, 0.15) is 5.75 Å². The van der Waals surface area contributed by atoms with Gasteiger partial charge in [-0.2, -0.15) is 13.2 Å². The van der Waals surface area contributed by atoms with Crippen LogP contribution in [0, 0.1) is 0 Å². The summed E-state index contributed by atoms with van der Waals surface area (Å²) in [6.07, 6.45) is -2.63. The van der Waals surface area contributed by atoms with E-state index in [0.717, 1.165) is 25.0 Å². The van der Waals surface area contributed by atoms with Crippen LogP contribution < -0.4 is 10.5 Å². The maximum Gasteiger partial charge on any atom is 0.416 e. The Kier molecular flexibility index (Phi) is 4.72. The minimum atomic E-state index is -4.38. The number of nitrogens with zero attached hydrogens (tertiary/aromatic N) is 1. The molecule has 4 nitrogen and oxygen atoms in total. The van der Waals surface area contributed by atoms with Gasteiger partial charge in [-0.3, -0.25) is 4.79 Å². The van der Waals surface area contributed by atoms with E-state index in [9.17, 15) is 18.0 Å². The number of amides is 1. The molecule has 0 aromatic heterocycles. The predicted octanol–water partition coefficient (Wildman–Crippen LogP) is 2.03. The lowest BCUT2D eigenvalue weighted by Crippen LogP contribution is -2.47. The number of benzene rings is 1. The quantitative estimate of drug-likeness (QED) is 0.929. The van der Waals surface area contributed by atoms with Crippen LogP contribution in [0.3, 0.4) is 0 Å². The largest absolute Gasteiger partial charge is 0.484 e. The number of hydrogen-bond donors (Lipinski definition) is 1. The summed E-state index contributed by atoms with van der Waals surface area (Å²) < 4.78 is 42.4. The molecular formula is C14H17F3N2O2. The van der Waals surface area contributed by atoms with Crippen molar-refractivity contribution < 1.29 is 22.7 Å². The topological polar surface area (TPSA) is 55.6 Å². The smallest absolute Gasteiger partial charge is 0.416 e.